The predicted octanol–water partition coefficient (Wildman–Crippen LogP) is 4.37. The molecule has 0 saturated carbocycles. The molecule has 8 heteroatoms. The molecule has 0 aliphatic rings. The van der Waals surface area contributed by atoms with Gasteiger partial charge in [0.1, 0.15) is 9.88 Å². The fraction of sp³-hybridized carbons (Fsp3) is 0.450. The number of nitrogens with zero attached hydrogens (tertiary/aromatic N) is 2. The van der Waals surface area contributed by atoms with E-state index < -0.39 is 0 Å². The number of aromatic nitrogens is 1. The van der Waals surface area contributed by atoms with Crippen molar-refractivity contribution in [2.75, 3.05) is 13.2 Å². The Morgan fingerprint density at radius 2 is 2.07 bits per heavy atom. The summed E-state index contributed by atoms with van der Waals surface area (Å²) in [4.78, 5) is 21.8. The van der Waals surface area contributed by atoms with Crippen LogP contribution in [0.5, 0.6) is 0 Å². The molecule has 1 aromatic carbocycles. The molecule has 0 bridgehead atoms. The van der Waals surface area contributed by atoms with E-state index in [0.717, 1.165) is 23.1 Å². The zero-order valence-corrected chi connectivity index (χ0v) is 20.2. The molecule has 0 aliphatic heterocycles. The molecule has 2 N–H and O–H groups in total. The van der Waals surface area contributed by atoms with Crippen LogP contribution in [0.1, 0.15) is 58.3 Å². The number of nitrogens with one attached hydrogen (secondary N) is 2. The first-order valence-corrected chi connectivity index (χ1v) is 10.0. The fourth-order valence-corrected chi connectivity index (χ4v) is 3.52. The quantitative estimate of drug-likeness (QED) is 0.248. The van der Waals surface area contributed by atoms with Crippen molar-refractivity contribution < 1.29 is 9.53 Å². The maximum atomic E-state index is 12.0. The number of aryl methyl sites for hydroxylation is 2. The molecule has 0 fully saturated rings. The summed E-state index contributed by atoms with van der Waals surface area (Å²) in [6, 6.07) is 8.24. The van der Waals surface area contributed by atoms with E-state index in [1.54, 1.807) is 6.92 Å². The maximum Gasteiger partial charge on any atom is 0.350 e. The lowest BCUT2D eigenvalue weighted by atomic mass is 10.1. The summed E-state index contributed by atoms with van der Waals surface area (Å²) < 4.78 is 5.09. The summed E-state index contributed by atoms with van der Waals surface area (Å²) in [6.07, 6.45) is 0. The topological polar surface area (TPSA) is 75.6 Å². The maximum absolute atomic E-state index is 12.0. The zero-order valence-electron chi connectivity index (χ0n) is 17.0. The molecule has 1 unspecified atom stereocenters. The molecule has 1 atom stereocenters. The van der Waals surface area contributed by atoms with E-state index in [-0.39, 0.29) is 36.0 Å². The Balaban J connectivity index is 0.00000392. The van der Waals surface area contributed by atoms with Crippen molar-refractivity contribution in [3.8, 4) is 0 Å². The molecular weight excluding hydrogens is 487 g/mol. The Bertz CT molecular complexity index is 807. The first-order valence-electron chi connectivity index (χ1n) is 9.19. The molecule has 1 aromatic heterocycles. The normalized spacial score (nSPS) is 12.1. The molecule has 0 spiro atoms. The number of hydrogen-bond acceptors (Lipinski definition) is 5. The van der Waals surface area contributed by atoms with Crippen LogP contribution in [0.15, 0.2) is 29.3 Å². The summed E-state index contributed by atoms with van der Waals surface area (Å²) in [5.41, 5.74) is 3.08. The molecule has 0 amide bonds. The van der Waals surface area contributed by atoms with E-state index in [9.17, 15) is 4.79 Å². The molecule has 0 radical (unpaired) electrons. The number of guanidine groups is 1. The number of halogens is 1. The molecule has 0 aliphatic carbocycles. The standard InChI is InChI=1S/C20H28N4O2S.HI/c1-6-21-20(22-12-16-10-8-9-13(3)11-16)24-15(5)18-23-14(4)17(27-18)19(25)26-7-2;/h8-11,15H,6-7,12H2,1-5H3,(H2,21,22,24);1H. The number of hydrogen-bond donors (Lipinski definition) is 2. The molecule has 28 heavy (non-hydrogen) atoms. The Morgan fingerprint density at radius 1 is 1.32 bits per heavy atom. The van der Waals surface area contributed by atoms with Crippen LogP contribution in [0.4, 0.5) is 0 Å². The molecular formula is C20H29IN4O2S. The van der Waals surface area contributed by atoms with Gasteiger partial charge in [-0.15, -0.1) is 35.3 Å². The van der Waals surface area contributed by atoms with Crippen LogP contribution in [0.3, 0.4) is 0 Å². The highest BCUT2D eigenvalue weighted by Gasteiger charge is 2.20. The Morgan fingerprint density at radius 3 is 2.71 bits per heavy atom. The van der Waals surface area contributed by atoms with Crippen molar-refractivity contribution in [2.24, 2.45) is 4.99 Å². The number of rotatable bonds is 7. The van der Waals surface area contributed by atoms with E-state index >= 15 is 0 Å². The lowest BCUT2D eigenvalue weighted by Gasteiger charge is -2.16. The van der Waals surface area contributed by atoms with Crippen LogP contribution in [0.2, 0.25) is 0 Å². The molecule has 2 aromatic rings. The third kappa shape index (κ3) is 7.05. The van der Waals surface area contributed by atoms with Gasteiger partial charge in [-0.2, -0.15) is 0 Å². The summed E-state index contributed by atoms with van der Waals surface area (Å²) >= 11 is 1.36. The minimum absolute atomic E-state index is 0. The van der Waals surface area contributed by atoms with Gasteiger partial charge in [0.25, 0.3) is 0 Å². The van der Waals surface area contributed by atoms with Gasteiger partial charge < -0.3 is 15.4 Å². The van der Waals surface area contributed by atoms with Crippen molar-refractivity contribution >= 4 is 47.2 Å². The second-order valence-electron chi connectivity index (χ2n) is 6.24. The molecule has 1 heterocycles. The van der Waals surface area contributed by atoms with Gasteiger partial charge >= 0.3 is 5.97 Å². The minimum atomic E-state index is -0.314. The second-order valence-corrected chi connectivity index (χ2v) is 7.27. The van der Waals surface area contributed by atoms with Gasteiger partial charge in [0.05, 0.1) is 24.9 Å². The largest absolute Gasteiger partial charge is 0.462 e. The lowest BCUT2D eigenvalue weighted by molar-refractivity contribution is 0.0531. The Labute approximate surface area is 188 Å². The Hall–Kier alpha value is -1.68. The van der Waals surface area contributed by atoms with E-state index in [1.807, 2.05) is 26.8 Å². The third-order valence-corrected chi connectivity index (χ3v) is 5.16. The van der Waals surface area contributed by atoms with Crippen LogP contribution >= 0.6 is 35.3 Å². The highest BCUT2D eigenvalue weighted by atomic mass is 127. The van der Waals surface area contributed by atoms with E-state index in [1.165, 1.54) is 16.9 Å². The van der Waals surface area contributed by atoms with Gasteiger partial charge in [-0.25, -0.2) is 14.8 Å². The average molecular weight is 516 g/mol. The Kier molecular flexibility index (Phi) is 10.4. The molecule has 0 saturated heterocycles. The molecule has 154 valence electrons. The molecule has 2 rings (SSSR count). The van der Waals surface area contributed by atoms with Gasteiger partial charge in [0.15, 0.2) is 5.96 Å². The summed E-state index contributed by atoms with van der Waals surface area (Å²) in [5, 5.41) is 7.45. The van der Waals surface area contributed by atoms with E-state index in [2.05, 4.69) is 45.7 Å². The average Bonchev–Trinajstić information content (AvgIpc) is 3.02. The van der Waals surface area contributed by atoms with Gasteiger partial charge in [-0.3, -0.25) is 0 Å². The molecule has 6 nitrogen and oxygen atoms in total. The van der Waals surface area contributed by atoms with Crippen LogP contribution in [-0.2, 0) is 11.3 Å². The van der Waals surface area contributed by atoms with Crippen LogP contribution in [-0.4, -0.2) is 30.1 Å². The van der Waals surface area contributed by atoms with Crippen LogP contribution in [0.25, 0.3) is 0 Å². The van der Waals surface area contributed by atoms with Crippen molar-refractivity contribution in [2.45, 2.75) is 47.2 Å². The summed E-state index contributed by atoms with van der Waals surface area (Å²) in [7, 11) is 0. The number of carbonyl (C=O) groups excluding carboxylic acids is 1. The monoisotopic (exact) mass is 516 g/mol. The smallest absolute Gasteiger partial charge is 0.350 e. The van der Waals surface area contributed by atoms with Gasteiger partial charge in [-0.1, -0.05) is 29.8 Å². The first kappa shape index (κ1) is 24.4. The SMILES string of the molecule is CCNC(=NCc1cccc(C)c1)NC(C)c1nc(C)c(C(=O)OCC)s1.I. The van der Waals surface area contributed by atoms with Crippen LogP contribution < -0.4 is 10.6 Å². The van der Waals surface area contributed by atoms with Crippen molar-refractivity contribution in [3.63, 3.8) is 0 Å². The number of benzene rings is 1. The number of thiazole rings is 1. The highest BCUT2D eigenvalue weighted by molar-refractivity contribution is 14.0. The third-order valence-electron chi connectivity index (χ3n) is 3.84. The van der Waals surface area contributed by atoms with Gasteiger partial charge in [0, 0.05) is 6.54 Å². The van der Waals surface area contributed by atoms with Crippen molar-refractivity contribution in [3.05, 3.63) is 51.0 Å². The summed E-state index contributed by atoms with van der Waals surface area (Å²) in [5.74, 6) is 0.406. The number of ether oxygens (including phenoxy) is 1. The zero-order chi connectivity index (χ0) is 19.8. The van der Waals surface area contributed by atoms with Gasteiger partial charge in [-0.05, 0) is 40.2 Å². The second kappa shape index (κ2) is 12.0. The van der Waals surface area contributed by atoms with Crippen molar-refractivity contribution in [1.82, 2.24) is 15.6 Å². The van der Waals surface area contributed by atoms with Crippen molar-refractivity contribution in [1.29, 1.82) is 0 Å². The summed E-state index contributed by atoms with van der Waals surface area (Å²) in [6.45, 7) is 11.4. The lowest BCUT2D eigenvalue weighted by Crippen LogP contribution is -2.38. The van der Waals surface area contributed by atoms with Crippen LogP contribution in [0, 0.1) is 13.8 Å². The number of esters is 1. The van der Waals surface area contributed by atoms with E-state index in [4.69, 9.17) is 4.74 Å². The number of aliphatic imine (C=N–C) groups is 1. The predicted molar refractivity (Wildman–Crippen MR) is 126 cm³/mol. The minimum Gasteiger partial charge on any atom is -0.462 e. The fourth-order valence-electron chi connectivity index (χ4n) is 2.56. The highest BCUT2D eigenvalue weighted by Crippen LogP contribution is 2.24. The van der Waals surface area contributed by atoms with Gasteiger partial charge in [0.2, 0.25) is 0 Å². The number of carbonyl (C=O) groups is 1. The first-order chi connectivity index (χ1) is 12.9. The van der Waals surface area contributed by atoms with E-state index in [0.29, 0.717) is 23.7 Å².